The van der Waals surface area contributed by atoms with Crippen LogP contribution in [0, 0.1) is 10.1 Å². The Morgan fingerprint density at radius 1 is 1.33 bits per heavy atom. The van der Waals surface area contributed by atoms with Gasteiger partial charge in [-0.3, -0.25) is 14.9 Å². The molecule has 1 aliphatic heterocycles. The molecule has 0 saturated heterocycles. The molecule has 0 aromatic heterocycles. The maximum atomic E-state index is 12.3. The number of methoxy groups -OCH3 is 1. The molecule has 3 rings (SSSR count). The van der Waals surface area contributed by atoms with Crippen LogP contribution in [0.3, 0.4) is 0 Å². The monoisotopic (exact) mass is 328 g/mol. The number of rotatable bonds is 5. The Labute approximate surface area is 138 Å². The summed E-state index contributed by atoms with van der Waals surface area (Å²) in [6.07, 6.45) is 1.00. The number of non-ortho nitro benzene ring substituents is 1. The minimum Gasteiger partial charge on any atom is -0.495 e. The van der Waals surface area contributed by atoms with Crippen molar-refractivity contribution >= 4 is 17.3 Å². The third-order valence-electron chi connectivity index (χ3n) is 3.79. The number of amides is 1. The lowest BCUT2D eigenvalue weighted by Crippen LogP contribution is -2.15. The van der Waals surface area contributed by atoms with Crippen LogP contribution in [0.25, 0.3) is 0 Å². The number of nitro benzene ring substituents is 1. The van der Waals surface area contributed by atoms with Crippen LogP contribution in [-0.4, -0.2) is 24.5 Å². The molecule has 0 bridgehead atoms. The van der Waals surface area contributed by atoms with Gasteiger partial charge in [-0.25, -0.2) is 0 Å². The number of hydrogen-bond donors (Lipinski definition) is 1. The molecule has 1 heterocycles. The molecular formula is C17H16N2O5. The van der Waals surface area contributed by atoms with Gasteiger partial charge in [0.1, 0.15) is 11.5 Å². The molecule has 1 aliphatic rings. The third-order valence-corrected chi connectivity index (χ3v) is 3.79. The fourth-order valence-corrected chi connectivity index (χ4v) is 2.64. The average Bonchev–Trinajstić information content (AvgIpc) is 3.02. The highest BCUT2D eigenvalue weighted by Crippen LogP contribution is 2.29. The summed E-state index contributed by atoms with van der Waals surface area (Å²) >= 11 is 0. The van der Waals surface area contributed by atoms with E-state index in [2.05, 4.69) is 5.32 Å². The summed E-state index contributed by atoms with van der Waals surface area (Å²) < 4.78 is 10.6. The van der Waals surface area contributed by atoms with Crippen LogP contribution in [-0.2, 0) is 17.6 Å². The van der Waals surface area contributed by atoms with E-state index in [1.807, 2.05) is 18.2 Å². The number of benzene rings is 2. The Balaban J connectivity index is 1.75. The van der Waals surface area contributed by atoms with E-state index in [-0.39, 0.29) is 23.7 Å². The molecule has 1 amide bonds. The van der Waals surface area contributed by atoms with E-state index in [0.717, 1.165) is 23.3 Å². The molecule has 24 heavy (non-hydrogen) atoms. The second-order valence-electron chi connectivity index (χ2n) is 5.41. The van der Waals surface area contributed by atoms with Gasteiger partial charge in [-0.1, -0.05) is 12.1 Å². The molecule has 0 radical (unpaired) electrons. The summed E-state index contributed by atoms with van der Waals surface area (Å²) in [7, 11) is 1.44. The van der Waals surface area contributed by atoms with E-state index in [1.54, 1.807) is 0 Å². The summed E-state index contributed by atoms with van der Waals surface area (Å²) in [4.78, 5) is 22.6. The summed E-state index contributed by atoms with van der Waals surface area (Å²) in [6, 6.07) is 9.72. The van der Waals surface area contributed by atoms with Crippen LogP contribution < -0.4 is 14.8 Å². The van der Waals surface area contributed by atoms with Crippen LogP contribution in [0.5, 0.6) is 11.5 Å². The van der Waals surface area contributed by atoms with Crippen molar-refractivity contribution in [2.24, 2.45) is 0 Å². The highest BCUT2D eigenvalue weighted by Gasteiger charge is 2.16. The zero-order valence-electron chi connectivity index (χ0n) is 13.1. The lowest BCUT2D eigenvalue weighted by atomic mass is 10.1. The predicted molar refractivity (Wildman–Crippen MR) is 87.6 cm³/mol. The SMILES string of the molecule is COc1ccc([N+](=O)[O-])cc1NC(=O)Cc1ccc2c(c1)CCO2. The Morgan fingerprint density at radius 2 is 2.17 bits per heavy atom. The van der Waals surface area contributed by atoms with Crippen LogP contribution in [0.15, 0.2) is 36.4 Å². The number of anilines is 1. The number of nitrogens with one attached hydrogen (secondary N) is 1. The van der Waals surface area contributed by atoms with Gasteiger partial charge in [0.25, 0.3) is 5.69 Å². The van der Waals surface area contributed by atoms with Crippen molar-refractivity contribution in [3.05, 3.63) is 57.6 Å². The normalized spacial score (nSPS) is 12.2. The van der Waals surface area contributed by atoms with Crippen molar-refractivity contribution in [2.45, 2.75) is 12.8 Å². The average molecular weight is 328 g/mol. The van der Waals surface area contributed by atoms with Gasteiger partial charge in [0.05, 0.1) is 30.7 Å². The molecule has 2 aromatic rings. The van der Waals surface area contributed by atoms with Crippen molar-refractivity contribution in [3.63, 3.8) is 0 Å². The van der Waals surface area contributed by atoms with Gasteiger partial charge in [0, 0.05) is 18.6 Å². The molecule has 0 aliphatic carbocycles. The number of fused-ring (bicyclic) bond motifs is 1. The van der Waals surface area contributed by atoms with Crippen LogP contribution >= 0.6 is 0 Å². The van der Waals surface area contributed by atoms with Gasteiger partial charge < -0.3 is 14.8 Å². The summed E-state index contributed by atoms with van der Waals surface area (Å²) in [5.41, 5.74) is 2.12. The van der Waals surface area contributed by atoms with Crippen LogP contribution in [0.4, 0.5) is 11.4 Å². The van der Waals surface area contributed by atoms with E-state index >= 15 is 0 Å². The van der Waals surface area contributed by atoms with E-state index in [4.69, 9.17) is 9.47 Å². The molecular weight excluding hydrogens is 312 g/mol. The van der Waals surface area contributed by atoms with Crippen LogP contribution in [0.2, 0.25) is 0 Å². The third kappa shape index (κ3) is 3.29. The fourth-order valence-electron chi connectivity index (χ4n) is 2.64. The number of nitro groups is 1. The van der Waals surface area contributed by atoms with Gasteiger partial charge in [-0.15, -0.1) is 0 Å². The largest absolute Gasteiger partial charge is 0.495 e. The molecule has 0 atom stereocenters. The Morgan fingerprint density at radius 3 is 2.92 bits per heavy atom. The van der Waals surface area contributed by atoms with E-state index in [1.165, 1.54) is 25.3 Å². The predicted octanol–water partition coefficient (Wildman–Crippen LogP) is 2.72. The van der Waals surface area contributed by atoms with Crippen molar-refractivity contribution in [1.82, 2.24) is 0 Å². The number of carbonyl (C=O) groups excluding carboxylic acids is 1. The lowest BCUT2D eigenvalue weighted by molar-refractivity contribution is -0.384. The van der Waals surface area contributed by atoms with Crippen molar-refractivity contribution in [1.29, 1.82) is 0 Å². The maximum absolute atomic E-state index is 12.3. The van der Waals surface area contributed by atoms with Crippen molar-refractivity contribution < 1.29 is 19.2 Å². The molecule has 7 nitrogen and oxygen atoms in total. The molecule has 7 heteroatoms. The lowest BCUT2D eigenvalue weighted by Gasteiger charge is -2.10. The first-order chi connectivity index (χ1) is 11.6. The first-order valence-electron chi connectivity index (χ1n) is 7.43. The highest BCUT2D eigenvalue weighted by atomic mass is 16.6. The number of hydrogen-bond acceptors (Lipinski definition) is 5. The Bertz CT molecular complexity index is 804. The standard InChI is InChI=1S/C17H16N2O5/c1-23-16-5-3-13(19(21)22)10-14(16)18-17(20)9-11-2-4-15-12(8-11)6-7-24-15/h2-5,8,10H,6-7,9H2,1H3,(H,18,20). The zero-order chi connectivity index (χ0) is 17.1. The molecule has 2 aromatic carbocycles. The van der Waals surface area contributed by atoms with Gasteiger partial charge in [-0.05, 0) is 23.3 Å². The highest BCUT2D eigenvalue weighted by molar-refractivity contribution is 5.94. The van der Waals surface area contributed by atoms with E-state index in [9.17, 15) is 14.9 Å². The Hall–Kier alpha value is -3.09. The zero-order valence-corrected chi connectivity index (χ0v) is 13.1. The first-order valence-corrected chi connectivity index (χ1v) is 7.43. The second kappa shape index (κ2) is 6.57. The van der Waals surface area contributed by atoms with Crippen molar-refractivity contribution in [3.8, 4) is 11.5 Å². The smallest absolute Gasteiger partial charge is 0.271 e. The minimum atomic E-state index is -0.518. The summed E-state index contributed by atoms with van der Waals surface area (Å²) in [5.74, 6) is 0.962. The van der Waals surface area contributed by atoms with Gasteiger partial charge in [-0.2, -0.15) is 0 Å². The summed E-state index contributed by atoms with van der Waals surface area (Å²) in [6.45, 7) is 0.663. The quantitative estimate of drug-likeness (QED) is 0.673. The van der Waals surface area contributed by atoms with Crippen molar-refractivity contribution in [2.75, 3.05) is 19.0 Å². The molecule has 0 fully saturated rings. The fraction of sp³-hybridized carbons (Fsp3) is 0.235. The number of nitrogens with zero attached hydrogens (tertiary/aromatic N) is 1. The van der Waals surface area contributed by atoms with Gasteiger partial charge in [0.15, 0.2) is 0 Å². The van der Waals surface area contributed by atoms with Gasteiger partial charge >= 0.3 is 0 Å². The number of carbonyl (C=O) groups is 1. The van der Waals surface area contributed by atoms with Gasteiger partial charge in [0.2, 0.25) is 5.91 Å². The molecule has 0 saturated carbocycles. The molecule has 1 N–H and O–H groups in total. The van der Waals surface area contributed by atoms with Crippen LogP contribution in [0.1, 0.15) is 11.1 Å². The second-order valence-corrected chi connectivity index (χ2v) is 5.41. The summed E-state index contributed by atoms with van der Waals surface area (Å²) in [5, 5.41) is 13.6. The number of ether oxygens (including phenoxy) is 2. The molecule has 0 unspecified atom stereocenters. The molecule has 124 valence electrons. The topological polar surface area (TPSA) is 90.7 Å². The van der Waals surface area contributed by atoms with E-state index < -0.39 is 4.92 Å². The van der Waals surface area contributed by atoms with E-state index in [0.29, 0.717) is 12.4 Å². The maximum Gasteiger partial charge on any atom is 0.271 e. The first kappa shape index (κ1) is 15.8. The Kier molecular flexibility index (Phi) is 4.33. The molecule has 0 spiro atoms. The minimum absolute atomic E-state index is 0.110.